The molecule has 1 saturated carbocycles. The smallest absolute Gasteiger partial charge is 0.407 e. The number of hydrogen-bond acceptors (Lipinski definition) is 5. The molecule has 0 bridgehead atoms. The third-order valence-corrected chi connectivity index (χ3v) is 8.15. The van der Waals surface area contributed by atoms with E-state index in [-0.39, 0.29) is 17.6 Å². The summed E-state index contributed by atoms with van der Waals surface area (Å²) in [6, 6.07) is 14.4. The molecule has 5 rings (SSSR count). The number of carbonyl (C=O) groups excluding carboxylic acids is 1. The average Bonchev–Trinajstić information content (AvgIpc) is 3.56. The molecule has 37 heavy (non-hydrogen) atoms. The molecular weight excluding hydrogens is 484 g/mol. The molecule has 194 valence electrons. The predicted molar refractivity (Wildman–Crippen MR) is 151 cm³/mol. The molecule has 2 heterocycles. The highest BCUT2D eigenvalue weighted by molar-refractivity contribution is 7.17. The van der Waals surface area contributed by atoms with Gasteiger partial charge in [0.1, 0.15) is 16.1 Å². The molecule has 2 N–H and O–H groups in total. The van der Waals surface area contributed by atoms with E-state index < -0.39 is 5.60 Å². The number of thiophene rings is 1. The van der Waals surface area contributed by atoms with Crippen molar-refractivity contribution in [2.45, 2.75) is 58.0 Å². The molecular formula is C30H34N2O4S. The molecule has 7 heteroatoms. The fraction of sp³-hybridized carbons (Fsp3) is 0.400. The van der Waals surface area contributed by atoms with Crippen LogP contribution in [0.3, 0.4) is 0 Å². The van der Waals surface area contributed by atoms with Crippen LogP contribution in [0.5, 0.6) is 5.75 Å². The number of alkyl carbamates (subject to hydrolysis) is 1. The lowest BCUT2D eigenvalue weighted by molar-refractivity contribution is 0.0521. The Labute approximate surface area is 221 Å². The Bertz CT molecular complexity index is 1470. The summed E-state index contributed by atoms with van der Waals surface area (Å²) >= 11 is 1.45. The molecule has 1 unspecified atom stereocenters. The Hall–Kier alpha value is -3.32. The van der Waals surface area contributed by atoms with Gasteiger partial charge >= 0.3 is 6.09 Å². The molecule has 2 aromatic carbocycles. The van der Waals surface area contributed by atoms with Gasteiger partial charge in [-0.3, -0.25) is 4.79 Å². The summed E-state index contributed by atoms with van der Waals surface area (Å²) in [7, 11) is 1.67. The van der Waals surface area contributed by atoms with Crippen molar-refractivity contribution < 1.29 is 14.3 Å². The summed E-state index contributed by atoms with van der Waals surface area (Å²) in [5, 5.41) is 6.89. The summed E-state index contributed by atoms with van der Waals surface area (Å²) in [5.41, 5.74) is 3.40. The molecule has 0 saturated heterocycles. The first-order valence-electron chi connectivity index (χ1n) is 12.9. The average molecular weight is 519 g/mol. The van der Waals surface area contributed by atoms with Gasteiger partial charge in [0.05, 0.1) is 7.11 Å². The third-order valence-electron chi connectivity index (χ3n) is 7.24. The van der Waals surface area contributed by atoms with Gasteiger partial charge in [-0.25, -0.2) is 4.79 Å². The molecule has 1 aliphatic rings. The van der Waals surface area contributed by atoms with E-state index in [2.05, 4.69) is 34.6 Å². The van der Waals surface area contributed by atoms with Crippen molar-refractivity contribution in [3.05, 3.63) is 63.8 Å². The maximum atomic E-state index is 12.6. The zero-order chi connectivity index (χ0) is 26.2. The van der Waals surface area contributed by atoms with Crippen LogP contribution in [0.2, 0.25) is 0 Å². The quantitative estimate of drug-likeness (QED) is 0.282. The lowest BCUT2D eigenvalue weighted by atomic mass is 9.84. The van der Waals surface area contributed by atoms with E-state index >= 15 is 0 Å². The van der Waals surface area contributed by atoms with Crippen LogP contribution in [0, 0.1) is 5.92 Å². The van der Waals surface area contributed by atoms with Gasteiger partial charge in [0, 0.05) is 34.3 Å². The molecule has 0 radical (unpaired) electrons. The zero-order valence-corrected chi connectivity index (χ0v) is 22.7. The van der Waals surface area contributed by atoms with E-state index in [0.29, 0.717) is 17.2 Å². The van der Waals surface area contributed by atoms with Crippen molar-refractivity contribution in [3.63, 3.8) is 0 Å². The van der Waals surface area contributed by atoms with Crippen molar-refractivity contribution in [1.29, 1.82) is 0 Å². The van der Waals surface area contributed by atoms with E-state index in [1.807, 2.05) is 44.4 Å². The van der Waals surface area contributed by atoms with Gasteiger partial charge in [-0.2, -0.15) is 0 Å². The summed E-state index contributed by atoms with van der Waals surface area (Å²) in [4.78, 5) is 28.0. The second-order valence-corrected chi connectivity index (χ2v) is 11.8. The minimum Gasteiger partial charge on any atom is -0.496 e. The van der Waals surface area contributed by atoms with Crippen molar-refractivity contribution in [2.75, 3.05) is 13.7 Å². The number of aromatic amines is 1. The molecule has 1 fully saturated rings. The minimum atomic E-state index is -0.524. The summed E-state index contributed by atoms with van der Waals surface area (Å²) < 4.78 is 12.0. The van der Waals surface area contributed by atoms with E-state index in [4.69, 9.17) is 9.47 Å². The Kier molecular flexibility index (Phi) is 6.99. The summed E-state index contributed by atoms with van der Waals surface area (Å²) in [6.45, 7) is 6.18. The number of rotatable bonds is 6. The highest BCUT2D eigenvalue weighted by atomic mass is 32.1. The number of pyridine rings is 1. The van der Waals surface area contributed by atoms with Crippen LogP contribution in [0.15, 0.2) is 52.6 Å². The monoisotopic (exact) mass is 518 g/mol. The Morgan fingerprint density at radius 2 is 1.84 bits per heavy atom. The Balaban J connectivity index is 1.51. The predicted octanol–water partition coefficient (Wildman–Crippen LogP) is 7.22. The normalized spacial score (nSPS) is 15.2. The fourth-order valence-corrected chi connectivity index (χ4v) is 6.40. The van der Waals surface area contributed by atoms with Crippen molar-refractivity contribution in [1.82, 2.24) is 10.3 Å². The largest absolute Gasteiger partial charge is 0.496 e. The Morgan fingerprint density at radius 3 is 2.51 bits per heavy atom. The fourth-order valence-electron chi connectivity index (χ4n) is 5.61. The number of aromatic nitrogens is 1. The first-order chi connectivity index (χ1) is 17.7. The zero-order valence-electron chi connectivity index (χ0n) is 21.9. The summed E-state index contributed by atoms with van der Waals surface area (Å²) in [6.07, 6.45) is 4.43. The van der Waals surface area contributed by atoms with Gasteiger partial charge < -0.3 is 19.8 Å². The number of amides is 1. The minimum absolute atomic E-state index is 0.0687. The maximum Gasteiger partial charge on any atom is 0.407 e. The number of methoxy groups -OCH3 is 1. The molecule has 1 amide bonds. The van der Waals surface area contributed by atoms with E-state index in [1.54, 1.807) is 7.11 Å². The van der Waals surface area contributed by atoms with Gasteiger partial charge in [0.2, 0.25) is 0 Å². The SMILES string of the molecule is COc1ccc2[nH]c(=O)c3sccc3c2c1-c1ccc(C(CNC(=O)OC(C)(C)C)C2CCCC2)cc1. The number of fused-ring (bicyclic) bond motifs is 3. The molecule has 1 atom stereocenters. The Morgan fingerprint density at radius 1 is 1.11 bits per heavy atom. The second-order valence-electron chi connectivity index (χ2n) is 10.8. The van der Waals surface area contributed by atoms with Crippen molar-refractivity contribution in [3.8, 4) is 16.9 Å². The van der Waals surface area contributed by atoms with E-state index in [9.17, 15) is 9.59 Å². The van der Waals surface area contributed by atoms with E-state index in [0.717, 1.165) is 33.2 Å². The van der Waals surface area contributed by atoms with Crippen LogP contribution in [-0.2, 0) is 4.74 Å². The van der Waals surface area contributed by atoms with Gasteiger partial charge in [0.25, 0.3) is 5.56 Å². The van der Waals surface area contributed by atoms with Crippen LogP contribution in [0.1, 0.15) is 57.9 Å². The van der Waals surface area contributed by atoms with Crippen LogP contribution in [-0.4, -0.2) is 30.3 Å². The first kappa shape index (κ1) is 25.3. The van der Waals surface area contributed by atoms with Crippen LogP contribution < -0.4 is 15.6 Å². The number of carbonyl (C=O) groups is 1. The maximum absolute atomic E-state index is 12.6. The lowest BCUT2D eigenvalue weighted by Gasteiger charge is -2.26. The standard InChI is InChI=1S/C30H34N2O4S/c1-30(2,3)36-29(34)31-17-22(18-7-5-6-8-18)19-9-11-20(12-10-19)25-24(35-4)14-13-23-26(25)21-15-16-37-27(21)28(33)32-23/h9-16,18,22H,5-8,17H2,1-4H3,(H,31,34)(H,32,33). The van der Waals surface area contributed by atoms with Gasteiger partial charge in [0.15, 0.2) is 0 Å². The first-order valence-corrected chi connectivity index (χ1v) is 13.8. The number of nitrogens with one attached hydrogen (secondary N) is 2. The molecule has 2 aromatic heterocycles. The van der Waals surface area contributed by atoms with Gasteiger partial charge in [-0.15, -0.1) is 11.3 Å². The van der Waals surface area contributed by atoms with Crippen LogP contribution in [0.25, 0.3) is 32.1 Å². The van der Waals surface area contributed by atoms with Crippen molar-refractivity contribution in [2.24, 2.45) is 5.92 Å². The molecule has 4 aromatic rings. The number of hydrogen-bond donors (Lipinski definition) is 2. The highest BCUT2D eigenvalue weighted by Crippen LogP contribution is 2.42. The third kappa shape index (κ3) is 5.23. The van der Waals surface area contributed by atoms with Crippen molar-refractivity contribution >= 4 is 38.4 Å². The molecule has 0 spiro atoms. The van der Waals surface area contributed by atoms with Gasteiger partial charge in [-0.1, -0.05) is 37.1 Å². The molecule has 1 aliphatic carbocycles. The van der Waals surface area contributed by atoms with E-state index in [1.165, 1.54) is 42.6 Å². The molecule has 6 nitrogen and oxygen atoms in total. The summed E-state index contributed by atoms with van der Waals surface area (Å²) in [5.74, 6) is 1.51. The lowest BCUT2D eigenvalue weighted by Crippen LogP contribution is -2.36. The number of H-pyrrole nitrogens is 1. The van der Waals surface area contributed by atoms with Crippen LogP contribution in [0.4, 0.5) is 4.79 Å². The number of benzene rings is 2. The highest BCUT2D eigenvalue weighted by Gasteiger charge is 2.28. The second kappa shape index (κ2) is 10.2. The topological polar surface area (TPSA) is 80.4 Å². The number of ether oxygens (including phenoxy) is 2. The van der Waals surface area contributed by atoms with Crippen LogP contribution >= 0.6 is 11.3 Å². The van der Waals surface area contributed by atoms with Gasteiger partial charge in [-0.05, 0) is 74.2 Å². The molecule has 0 aliphatic heterocycles.